The van der Waals surface area contributed by atoms with Gasteiger partial charge in [-0.2, -0.15) is 0 Å². The summed E-state index contributed by atoms with van der Waals surface area (Å²) in [6.45, 7) is 5.74. The number of amides is 2. The number of alkyl halides is 1. The molecule has 2 aromatic rings. The smallest absolute Gasteiger partial charge is 0.410 e. The highest BCUT2D eigenvalue weighted by molar-refractivity contribution is 6.30. The summed E-state index contributed by atoms with van der Waals surface area (Å²) in [7, 11) is 0. The molecule has 6 rings (SSSR count). The van der Waals surface area contributed by atoms with Gasteiger partial charge in [0.25, 0.3) is 5.91 Å². The molecule has 2 aliphatic carbocycles. The minimum absolute atomic E-state index is 0.0532. The van der Waals surface area contributed by atoms with Crippen molar-refractivity contribution in [1.82, 2.24) is 24.6 Å². The first-order chi connectivity index (χ1) is 16.7. The standard InChI is InChI=1S/C25H29ClFN5O3/c1-3-15(2)35-23(34)30-11-16-8-18(26)4-5-19(16)32-20(12-30)28-29-21(32)17-9-24(10-17)13-31(14-24)22(33)25(27)6-7-25/h4-5,8,15,17H,3,6-7,9-14H2,1-2H3/t15-/m1/s1. The Labute approximate surface area is 208 Å². The molecule has 0 unspecified atom stereocenters. The first-order valence-electron chi connectivity index (χ1n) is 12.4. The number of hydrogen-bond donors (Lipinski definition) is 0. The van der Waals surface area contributed by atoms with Gasteiger partial charge in [-0.1, -0.05) is 18.5 Å². The van der Waals surface area contributed by atoms with Crippen LogP contribution in [0.2, 0.25) is 5.02 Å². The van der Waals surface area contributed by atoms with Crippen LogP contribution in [-0.2, 0) is 22.6 Å². The quantitative estimate of drug-likeness (QED) is 0.621. The van der Waals surface area contributed by atoms with E-state index < -0.39 is 5.67 Å². The van der Waals surface area contributed by atoms with Gasteiger partial charge in [-0.3, -0.25) is 14.3 Å². The maximum atomic E-state index is 14.2. The molecular formula is C25H29ClFN5O3. The largest absolute Gasteiger partial charge is 0.446 e. The van der Waals surface area contributed by atoms with Crippen molar-refractivity contribution >= 4 is 23.6 Å². The number of hydrogen-bond acceptors (Lipinski definition) is 5. The fraction of sp³-hybridized carbons (Fsp3) is 0.600. The fourth-order valence-corrected chi connectivity index (χ4v) is 5.88. The molecule has 10 heteroatoms. The molecule has 1 aromatic carbocycles. The van der Waals surface area contributed by atoms with Gasteiger partial charge < -0.3 is 9.64 Å². The van der Waals surface area contributed by atoms with E-state index in [-0.39, 0.29) is 36.0 Å². The van der Waals surface area contributed by atoms with Gasteiger partial charge in [-0.15, -0.1) is 10.2 Å². The van der Waals surface area contributed by atoms with Crippen molar-refractivity contribution in [3.05, 3.63) is 40.4 Å². The van der Waals surface area contributed by atoms with Crippen LogP contribution in [0.25, 0.3) is 5.69 Å². The molecule has 3 heterocycles. The van der Waals surface area contributed by atoms with Gasteiger partial charge in [0.2, 0.25) is 0 Å². The van der Waals surface area contributed by atoms with Crippen molar-refractivity contribution in [3.8, 4) is 5.69 Å². The molecule has 3 fully saturated rings. The molecule has 1 aromatic heterocycles. The first kappa shape index (κ1) is 22.8. The van der Waals surface area contributed by atoms with Crippen LogP contribution in [0.3, 0.4) is 0 Å². The first-order valence-corrected chi connectivity index (χ1v) is 12.7. The van der Waals surface area contributed by atoms with Crippen LogP contribution in [0.15, 0.2) is 18.2 Å². The molecule has 35 heavy (non-hydrogen) atoms. The zero-order chi connectivity index (χ0) is 24.5. The van der Waals surface area contributed by atoms with E-state index in [1.165, 1.54) is 0 Å². The number of nitrogens with zero attached hydrogens (tertiary/aromatic N) is 5. The second kappa shape index (κ2) is 7.91. The maximum absolute atomic E-state index is 14.2. The van der Waals surface area contributed by atoms with E-state index in [2.05, 4.69) is 14.8 Å². The minimum atomic E-state index is -1.60. The predicted molar refractivity (Wildman–Crippen MR) is 126 cm³/mol. The molecule has 2 amide bonds. The molecule has 8 nitrogen and oxygen atoms in total. The summed E-state index contributed by atoms with van der Waals surface area (Å²) < 4.78 is 21.8. The lowest BCUT2D eigenvalue weighted by Gasteiger charge is -2.59. The van der Waals surface area contributed by atoms with Crippen LogP contribution < -0.4 is 0 Å². The summed E-state index contributed by atoms with van der Waals surface area (Å²) in [6.07, 6.45) is 2.66. The van der Waals surface area contributed by atoms with Crippen molar-refractivity contribution in [2.45, 2.75) is 76.7 Å². The molecule has 4 aliphatic rings. The highest BCUT2D eigenvalue weighted by atomic mass is 35.5. The van der Waals surface area contributed by atoms with Gasteiger partial charge in [0.1, 0.15) is 11.9 Å². The van der Waals surface area contributed by atoms with Gasteiger partial charge in [0.15, 0.2) is 11.5 Å². The number of carbonyl (C=O) groups is 2. The second-order valence-electron chi connectivity index (χ2n) is 10.8. The number of benzene rings is 1. The summed E-state index contributed by atoms with van der Waals surface area (Å²) in [5.74, 6) is 1.40. The van der Waals surface area contributed by atoms with E-state index >= 15 is 0 Å². The van der Waals surface area contributed by atoms with E-state index in [4.69, 9.17) is 16.3 Å². The van der Waals surface area contributed by atoms with E-state index in [9.17, 15) is 14.0 Å². The van der Waals surface area contributed by atoms with Crippen LogP contribution in [0.5, 0.6) is 0 Å². The Morgan fingerprint density at radius 2 is 1.94 bits per heavy atom. The van der Waals surface area contributed by atoms with Crippen LogP contribution >= 0.6 is 11.6 Å². The zero-order valence-electron chi connectivity index (χ0n) is 20.0. The van der Waals surface area contributed by atoms with Crippen molar-refractivity contribution < 1.29 is 18.7 Å². The Kier molecular flexibility index (Phi) is 5.15. The molecule has 0 bridgehead atoms. The molecule has 1 saturated heterocycles. The molecule has 2 saturated carbocycles. The van der Waals surface area contributed by atoms with Crippen molar-refractivity contribution in [2.75, 3.05) is 13.1 Å². The van der Waals surface area contributed by atoms with Crippen molar-refractivity contribution in [1.29, 1.82) is 0 Å². The lowest BCUT2D eigenvalue weighted by Crippen LogP contribution is -2.64. The van der Waals surface area contributed by atoms with E-state index in [1.54, 1.807) is 9.80 Å². The minimum Gasteiger partial charge on any atom is -0.446 e. The Hall–Kier alpha value is -2.68. The van der Waals surface area contributed by atoms with Crippen LogP contribution in [0, 0.1) is 5.41 Å². The Bertz CT molecular complexity index is 1200. The maximum Gasteiger partial charge on any atom is 0.410 e. The average molecular weight is 502 g/mol. The lowest BCUT2D eigenvalue weighted by molar-refractivity contribution is -0.158. The third-order valence-corrected chi connectivity index (χ3v) is 8.24. The van der Waals surface area contributed by atoms with Gasteiger partial charge in [-0.05, 0) is 62.8 Å². The molecule has 0 N–H and O–H groups in total. The summed E-state index contributed by atoms with van der Waals surface area (Å²) >= 11 is 6.31. The summed E-state index contributed by atoms with van der Waals surface area (Å²) in [6, 6.07) is 5.66. The Morgan fingerprint density at radius 3 is 2.63 bits per heavy atom. The molecule has 186 valence electrons. The SMILES string of the molecule is CC[C@@H](C)OC(=O)N1Cc2cc(Cl)ccc2-n2c(nnc2C2CC3(C2)CN(C(=O)C2(F)CC2)C3)C1. The topological polar surface area (TPSA) is 80.6 Å². The predicted octanol–water partition coefficient (Wildman–Crippen LogP) is 4.38. The fourth-order valence-electron chi connectivity index (χ4n) is 5.69. The second-order valence-corrected chi connectivity index (χ2v) is 11.2. The number of aromatic nitrogens is 3. The zero-order valence-corrected chi connectivity index (χ0v) is 20.7. The summed E-state index contributed by atoms with van der Waals surface area (Å²) in [4.78, 5) is 28.5. The average Bonchev–Trinajstić information content (AvgIpc) is 3.44. The van der Waals surface area contributed by atoms with E-state index in [1.807, 2.05) is 32.0 Å². The number of halogens is 2. The van der Waals surface area contributed by atoms with Crippen molar-refractivity contribution in [3.63, 3.8) is 0 Å². The normalized spacial score (nSPS) is 22.4. The Balaban J connectivity index is 1.23. The number of likely N-dealkylation sites (tertiary alicyclic amines) is 1. The summed E-state index contributed by atoms with van der Waals surface area (Å²) in [5, 5.41) is 9.60. The molecule has 0 radical (unpaired) electrons. The van der Waals surface area contributed by atoms with Gasteiger partial charge in [-0.25, -0.2) is 9.18 Å². The van der Waals surface area contributed by atoms with Crippen LogP contribution in [0.4, 0.5) is 9.18 Å². The molecule has 1 atom stereocenters. The molecule has 2 aliphatic heterocycles. The van der Waals surface area contributed by atoms with Crippen LogP contribution in [-0.4, -0.2) is 61.4 Å². The summed E-state index contributed by atoms with van der Waals surface area (Å²) in [5.41, 5.74) is 0.285. The van der Waals surface area contributed by atoms with E-state index in [0.29, 0.717) is 43.3 Å². The highest BCUT2D eigenvalue weighted by Gasteiger charge is 2.60. The van der Waals surface area contributed by atoms with Gasteiger partial charge >= 0.3 is 6.09 Å². The van der Waals surface area contributed by atoms with E-state index in [0.717, 1.165) is 36.3 Å². The molecular weight excluding hydrogens is 473 g/mol. The number of carbonyl (C=O) groups excluding carboxylic acids is 2. The number of ether oxygens (including phenoxy) is 1. The monoisotopic (exact) mass is 501 g/mol. The highest BCUT2D eigenvalue weighted by Crippen LogP contribution is 2.57. The Morgan fingerprint density at radius 1 is 1.20 bits per heavy atom. The van der Waals surface area contributed by atoms with Crippen LogP contribution in [0.1, 0.15) is 69.1 Å². The van der Waals surface area contributed by atoms with Gasteiger partial charge in [0.05, 0.1) is 18.8 Å². The van der Waals surface area contributed by atoms with Crippen molar-refractivity contribution in [2.24, 2.45) is 5.41 Å². The number of fused-ring (bicyclic) bond motifs is 3. The third-order valence-electron chi connectivity index (χ3n) is 8.00. The molecule has 1 spiro atoms. The number of rotatable bonds is 4. The van der Waals surface area contributed by atoms with Gasteiger partial charge in [0, 0.05) is 29.4 Å². The lowest BCUT2D eigenvalue weighted by atomic mass is 9.57. The third kappa shape index (κ3) is 3.79.